The van der Waals surface area contributed by atoms with Crippen molar-refractivity contribution in [3.05, 3.63) is 188 Å². The van der Waals surface area contributed by atoms with Crippen LogP contribution >= 0.6 is 0 Å². The number of hydrogen-bond donors (Lipinski definition) is 0. The summed E-state index contributed by atoms with van der Waals surface area (Å²) >= 11 is 0. The molecule has 0 saturated carbocycles. The standard InChI is InChI=1S/C51H31N3/c1-3-11-35(12-4-1)53-46-19-8-7-15-38(46)44-29-32(21-26-47(44)53)33-22-27-48-45(30-33)39-23-20-34(31-49(39)54(48)36-13-5-2-6-14-36)37-24-25-43-50-40(37)16-9-17-41(50)42-18-10-28-52-51(42)43/h1-31H. The second-order valence-electron chi connectivity index (χ2n) is 14.3. The van der Waals surface area contributed by atoms with Crippen molar-refractivity contribution in [2.24, 2.45) is 0 Å². The van der Waals surface area contributed by atoms with E-state index in [0.717, 1.165) is 11.4 Å². The van der Waals surface area contributed by atoms with Crippen molar-refractivity contribution < 1.29 is 0 Å². The number of benzene rings is 8. The molecule has 3 heterocycles. The lowest BCUT2D eigenvalue weighted by Gasteiger charge is -2.11. The van der Waals surface area contributed by atoms with E-state index in [-0.39, 0.29) is 0 Å². The van der Waals surface area contributed by atoms with E-state index >= 15 is 0 Å². The Kier molecular flexibility index (Phi) is 6.05. The number of fused-ring (bicyclic) bond motifs is 9. The minimum Gasteiger partial charge on any atom is -0.309 e. The fourth-order valence-corrected chi connectivity index (χ4v) is 9.15. The summed E-state index contributed by atoms with van der Waals surface area (Å²) < 4.78 is 4.80. The zero-order valence-electron chi connectivity index (χ0n) is 29.2. The molecular formula is C51H31N3. The van der Waals surface area contributed by atoms with Crippen LogP contribution in [0.4, 0.5) is 0 Å². The zero-order valence-corrected chi connectivity index (χ0v) is 29.2. The van der Waals surface area contributed by atoms with Gasteiger partial charge in [0.1, 0.15) is 0 Å². The summed E-state index contributed by atoms with van der Waals surface area (Å²) in [7, 11) is 0. The lowest BCUT2D eigenvalue weighted by molar-refractivity contribution is 1.18. The second kappa shape index (κ2) is 11.1. The molecule has 0 N–H and O–H groups in total. The van der Waals surface area contributed by atoms with Crippen LogP contribution in [0.1, 0.15) is 0 Å². The van der Waals surface area contributed by atoms with Crippen LogP contribution in [-0.2, 0) is 0 Å². The zero-order chi connectivity index (χ0) is 35.3. The van der Waals surface area contributed by atoms with E-state index in [1.807, 2.05) is 12.3 Å². The SMILES string of the molecule is c1ccc(-n2c3ccccc3c3cc(-c4ccc5c(c4)c4ccc(-c6ccc7c8c(cccc68)-c6cccnc6-7)cc4n5-c4ccccc4)ccc32)cc1. The highest BCUT2D eigenvalue weighted by Gasteiger charge is 2.24. The van der Waals surface area contributed by atoms with E-state index in [1.165, 1.54) is 99.0 Å². The van der Waals surface area contributed by atoms with Gasteiger partial charge in [0.25, 0.3) is 0 Å². The van der Waals surface area contributed by atoms with Crippen LogP contribution in [-0.4, -0.2) is 14.1 Å². The molecule has 0 amide bonds. The van der Waals surface area contributed by atoms with Crippen LogP contribution in [0.15, 0.2) is 188 Å². The highest BCUT2D eigenvalue weighted by Crippen LogP contribution is 2.49. The maximum atomic E-state index is 4.78. The monoisotopic (exact) mass is 685 g/mol. The van der Waals surface area contributed by atoms with Gasteiger partial charge < -0.3 is 9.13 Å². The number of para-hydroxylation sites is 3. The molecule has 3 heteroatoms. The quantitative estimate of drug-likeness (QED) is 0.181. The van der Waals surface area contributed by atoms with Gasteiger partial charge in [-0.1, -0.05) is 115 Å². The molecule has 12 rings (SSSR count). The van der Waals surface area contributed by atoms with Crippen molar-refractivity contribution in [2.45, 2.75) is 0 Å². The Labute approximate surface area is 311 Å². The van der Waals surface area contributed by atoms with Crippen LogP contribution in [0, 0.1) is 0 Å². The number of pyridine rings is 1. The first-order valence-corrected chi connectivity index (χ1v) is 18.5. The van der Waals surface area contributed by atoms with Crippen molar-refractivity contribution in [2.75, 3.05) is 0 Å². The molecule has 8 aromatic carbocycles. The predicted molar refractivity (Wildman–Crippen MR) is 226 cm³/mol. The fraction of sp³-hybridized carbons (Fsp3) is 0. The van der Waals surface area contributed by atoms with Gasteiger partial charge in [0, 0.05) is 50.2 Å². The van der Waals surface area contributed by atoms with E-state index in [2.05, 4.69) is 185 Å². The highest BCUT2D eigenvalue weighted by atomic mass is 15.0. The largest absolute Gasteiger partial charge is 0.309 e. The Morgan fingerprint density at radius 3 is 1.63 bits per heavy atom. The Hall–Kier alpha value is -7.23. The maximum Gasteiger partial charge on any atom is 0.0786 e. The number of hydrogen-bond acceptors (Lipinski definition) is 1. The molecule has 0 atom stereocenters. The van der Waals surface area contributed by atoms with Crippen molar-refractivity contribution in [1.29, 1.82) is 0 Å². The van der Waals surface area contributed by atoms with Gasteiger partial charge in [-0.25, -0.2) is 0 Å². The molecule has 0 spiro atoms. The predicted octanol–water partition coefficient (Wildman–Crippen LogP) is 13.4. The van der Waals surface area contributed by atoms with Crippen LogP contribution in [0.3, 0.4) is 0 Å². The third-order valence-corrected chi connectivity index (χ3v) is 11.5. The number of nitrogens with zero attached hydrogens (tertiary/aromatic N) is 3. The summed E-state index contributed by atoms with van der Waals surface area (Å²) in [6.45, 7) is 0. The summed E-state index contributed by atoms with van der Waals surface area (Å²) in [6.07, 6.45) is 1.90. The molecule has 0 radical (unpaired) electrons. The van der Waals surface area contributed by atoms with Gasteiger partial charge in [-0.3, -0.25) is 4.98 Å². The summed E-state index contributed by atoms with van der Waals surface area (Å²) in [5, 5.41) is 7.55. The molecule has 0 saturated heterocycles. The molecule has 1 aliphatic carbocycles. The van der Waals surface area contributed by atoms with E-state index in [4.69, 9.17) is 4.98 Å². The molecular weight excluding hydrogens is 655 g/mol. The first-order chi connectivity index (χ1) is 26.8. The topological polar surface area (TPSA) is 22.8 Å². The average molecular weight is 686 g/mol. The lowest BCUT2D eigenvalue weighted by Crippen LogP contribution is -1.93. The van der Waals surface area contributed by atoms with Gasteiger partial charge >= 0.3 is 0 Å². The molecule has 3 aromatic heterocycles. The Balaban J connectivity index is 1.06. The van der Waals surface area contributed by atoms with Gasteiger partial charge in [-0.05, 0) is 105 Å². The van der Waals surface area contributed by atoms with E-state index in [9.17, 15) is 0 Å². The summed E-state index contributed by atoms with van der Waals surface area (Å²) in [4.78, 5) is 4.78. The van der Waals surface area contributed by atoms with Crippen molar-refractivity contribution >= 4 is 54.4 Å². The Morgan fingerprint density at radius 1 is 0.315 bits per heavy atom. The summed E-state index contributed by atoms with van der Waals surface area (Å²) in [5.74, 6) is 0. The third-order valence-electron chi connectivity index (χ3n) is 11.5. The summed E-state index contributed by atoms with van der Waals surface area (Å²) in [5.41, 5.74) is 16.8. The molecule has 0 fully saturated rings. The van der Waals surface area contributed by atoms with Crippen LogP contribution in [0.25, 0.3) is 110 Å². The molecule has 54 heavy (non-hydrogen) atoms. The van der Waals surface area contributed by atoms with Crippen molar-refractivity contribution in [3.63, 3.8) is 0 Å². The van der Waals surface area contributed by atoms with Crippen LogP contribution in [0.2, 0.25) is 0 Å². The minimum absolute atomic E-state index is 1.08. The normalized spacial score (nSPS) is 12.1. The third kappa shape index (κ3) is 4.09. The van der Waals surface area contributed by atoms with Gasteiger partial charge in [-0.15, -0.1) is 0 Å². The minimum atomic E-state index is 1.08. The van der Waals surface area contributed by atoms with Crippen LogP contribution in [0.5, 0.6) is 0 Å². The average Bonchev–Trinajstić information content (AvgIpc) is 3.87. The van der Waals surface area contributed by atoms with Gasteiger partial charge in [-0.2, -0.15) is 0 Å². The van der Waals surface area contributed by atoms with Gasteiger partial charge in [0.2, 0.25) is 0 Å². The molecule has 11 aromatic rings. The van der Waals surface area contributed by atoms with E-state index < -0.39 is 0 Å². The van der Waals surface area contributed by atoms with Crippen molar-refractivity contribution in [3.8, 4) is 56.0 Å². The Bertz CT molecular complexity index is 3280. The van der Waals surface area contributed by atoms with Crippen LogP contribution < -0.4 is 0 Å². The fourth-order valence-electron chi connectivity index (χ4n) is 9.15. The lowest BCUT2D eigenvalue weighted by atomic mass is 9.94. The highest BCUT2D eigenvalue weighted by molar-refractivity contribution is 6.19. The van der Waals surface area contributed by atoms with E-state index in [1.54, 1.807) is 0 Å². The van der Waals surface area contributed by atoms with E-state index in [0.29, 0.717) is 0 Å². The van der Waals surface area contributed by atoms with Crippen molar-refractivity contribution in [1.82, 2.24) is 14.1 Å². The smallest absolute Gasteiger partial charge is 0.0786 e. The molecule has 1 aliphatic rings. The van der Waals surface area contributed by atoms with Gasteiger partial charge in [0.15, 0.2) is 0 Å². The molecule has 250 valence electrons. The first kappa shape index (κ1) is 29.4. The first-order valence-electron chi connectivity index (χ1n) is 18.5. The molecule has 0 unspecified atom stereocenters. The Morgan fingerprint density at radius 2 is 0.889 bits per heavy atom. The maximum absolute atomic E-state index is 4.78. The molecule has 0 aliphatic heterocycles. The number of rotatable bonds is 4. The second-order valence-corrected chi connectivity index (χ2v) is 14.3. The van der Waals surface area contributed by atoms with Gasteiger partial charge in [0.05, 0.1) is 27.8 Å². The number of aromatic nitrogens is 3. The summed E-state index contributed by atoms with van der Waals surface area (Å²) in [6, 6.07) is 66.5. The molecule has 3 nitrogen and oxygen atoms in total. The molecule has 0 bridgehead atoms.